The van der Waals surface area contributed by atoms with Crippen LogP contribution in [-0.2, 0) is 4.79 Å². The first kappa shape index (κ1) is 9.48. The van der Waals surface area contributed by atoms with Gasteiger partial charge in [0.05, 0.1) is 12.6 Å². The van der Waals surface area contributed by atoms with Crippen molar-refractivity contribution in [3.63, 3.8) is 0 Å². The fourth-order valence-corrected chi connectivity index (χ4v) is 1.43. The molecule has 12 heavy (non-hydrogen) atoms. The standard InChI is InChI=1S/C8H16N2O2/c1-7(12)10-4-3-9(2)8(5-10)6-11/h8,11H,3-6H2,1-2H3/t8-/m0/s1. The van der Waals surface area contributed by atoms with Crippen molar-refractivity contribution in [1.82, 2.24) is 9.80 Å². The minimum Gasteiger partial charge on any atom is -0.395 e. The minimum atomic E-state index is 0.0987. The molecule has 0 aromatic heterocycles. The van der Waals surface area contributed by atoms with Crippen LogP contribution >= 0.6 is 0 Å². The van der Waals surface area contributed by atoms with Crippen molar-refractivity contribution in [1.29, 1.82) is 0 Å². The molecule has 1 heterocycles. The van der Waals surface area contributed by atoms with E-state index in [-0.39, 0.29) is 18.6 Å². The summed E-state index contributed by atoms with van der Waals surface area (Å²) in [5.74, 6) is 0.0987. The van der Waals surface area contributed by atoms with Crippen LogP contribution < -0.4 is 0 Å². The SMILES string of the molecule is CC(=O)N1CCN(C)[C@H](CO)C1. The van der Waals surface area contributed by atoms with Gasteiger partial charge in [0.1, 0.15) is 0 Å². The molecule has 0 saturated carbocycles. The van der Waals surface area contributed by atoms with E-state index in [1.165, 1.54) is 0 Å². The van der Waals surface area contributed by atoms with Crippen LogP contribution in [0, 0.1) is 0 Å². The monoisotopic (exact) mass is 172 g/mol. The van der Waals surface area contributed by atoms with Gasteiger partial charge in [0, 0.05) is 26.6 Å². The minimum absolute atomic E-state index is 0.0987. The Labute approximate surface area is 72.8 Å². The van der Waals surface area contributed by atoms with Gasteiger partial charge in [-0.2, -0.15) is 0 Å². The van der Waals surface area contributed by atoms with E-state index in [1.807, 2.05) is 7.05 Å². The van der Waals surface area contributed by atoms with Crippen LogP contribution in [0.1, 0.15) is 6.92 Å². The van der Waals surface area contributed by atoms with Crippen molar-refractivity contribution in [3.8, 4) is 0 Å². The third-order valence-corrected chi connectivity index (χ3v) is 2.43. The summed E-state index contributed by atoms with van der Waals surface area (Å²) in [7, 11) is 1.97. The van der Waals surface area contributed by atoms with Gasteiger partial charge in [-0.25, -0.2) is 0 Å². The lowest BCUT2D eigenvalue weighted by molar-refractivity contribution is -0.131. The molecule has 1 N–H and O–H groups in total. The number of piperazine rings is 1. The molecule has 0 aromatic carbocycles. The fraction of sp³-hybridized carbons (Fsp3) is 0.875. The Morgan fingerprint density at radius 3 is 2.75 bits per heavy atom. The van der Waals surface area contributed by atoms with Gasteiger partial charge < -0.3 is 10.0 Å². The molecule has 1 fully saturated rings. The Morgan fingerprint density at radius 1 is 1.58 bits per heavy atom. The quantitative estimate of drug-likeness (QED) is 0.560. The van der Waals surface area contributed by atoms with Crippen LogP contribution in [0.15, 0.2) is 0 Å². The van der Waals surface area contributed by atoms with E-state index in [0.29, 0.717) is 6.54 Å². The number of aliphatic hydroxyl groups excluding tert-OH is 1. The van der Waals surface area contributed by atoms with Crippen molar-refractivity contribution >= 4 is 5.91 Å². The molecule has 70 valence electrons. The van der Waals surface area contributed by atoms with E-state index in [4.69, 9.17) is 5.11 Å². The second kappa shape index (κ2) is 3.87. The maximum absolute atomic E-state index is 11.0. The van der Waals surface area contributed by atoms with Crippen LogP contribution in [-0.4, -0.2) is 60.1 Å². The summed E-state index contributed by atoms with van der Waals surface area (Å²) in [6.07, 6.45) is 0. The van der Waals surface area contributed by atoms with E-state index in [1.54, 1.807) is 11.8 Å². The van der Waals surface area contributed by atoms with Crippen molar-refractivity contribution in [2.24, 2.45) is 0 Å². The lowest BCUT2D eigenvalue weighted by Gasteiger charge is -2.38. The summed E-state index contributed by atoms with van der Waals surface area (Å²) in [5.41, 5.74) is 0. The molecule has 1 rings (SSSR count). The van der Waals surface area contributed by atoms with Crippen LogP contribution in [0.5, 0.6) is 0 Å². The smallest absolute Gasteiger partial charge is 0.219 e. The Bertz CT molecular complexity index is 172. The number of aliphatic hydroxyl groups is 1. The number of carbonyl (C=O) groups is 1. The van der Waals surface area contributed by atoms with Crippen molar-refractivity contribution in [2.45, 2.75) is 13.0 Å². The lowest BCUT2D eigenvalue weighted by Crippen LogP contribution is -2.54. The number of hydrogen-bond acceptors (Lipinski definition) is 3. The van der Waals surface area contributed by atoms with Crippen molar-refractivity contribution < 1.29 is 9.90 Å². The van der Waals surface area contributed by atoms with Gasteiger partial charge in [0.25, 0.3) is 0 Å². The summed E-state index contributed by atoms with van der Waals surface area (Å²) in [6, 6.07) is 0.114. The van der Waals surface area contributed by atoms with Crippen LogP contribution in [0.4, 0.5) is 0 Å². The number of amides is 1. The van der Waals surface area contributed by atoms with Crippen molar-refractivity contribution in [2.75, 3.05) is 33.3 Å². The molecule has 1 atom stereocenters. The maximum atomic E-state index is 11.0. The third kappa shape index (κ3) is 1.95. The van der Waals surface area contributed by atoms with Gasteiger partial charge in [-0.1, -0.05) is 0 Å². The predicted octanol–water partition coefficient (Wildman–Crippen LogP) is -0.859. The van der Waals surface area contributed by atoms with Gasteiger partial charge in [0.2, 0.25) is 5.91 Å². The number of hydrogen-bond donors (Lipinski definition) is 1. The van der Waals surface area contributed by atoms with E-state index >= 15 is 0 Å². The normalized spacial score (nSPS) is 25.9. The molecule has 1 saturated heterocycles. The summed E-state index contributed by atoms with van der Waals surface area (Å²) < 4.78 is 0. The summed E-state index contributed by atoms with van der Waals surface area (Å²) in [6.45, 7) is 3.98. The Balaban J connectivity index is 2.49. The second-order valence-electron chi connectivity index (χ2n) is 3.28. The average molecular weight is 172 g/mol. The Kier molecular flexibility index (Phi) is 3.05. The molecule has 1 aliphatic rings. The van der Waals surface area contributed by atoms with Gasteiger partial charge in [-0.15, -0.1) is 0 Å². The first-order valence-corrected chi connectivity index (χ1v) is 4.21. The number of rotatable bonds is 1. The topological polar surface area (TPSA) is 43.8 Å². The number of carbonyl (C=O) groups excluding carboxylic acids is 1. The first-order chi connectivity index (χ1) is 5.65. The highest BCUT2D eigenvalue weighted by molar-refractivity contribution is 5.73. The highest BCUT2D eigenvalue weighted by atomic mass is 16.3. The molecule has 4 nitrogen and oxygen atoms in total. The van der Waals surface area contributed by atoms with Crippen LogP contribution in [0.25, 0.3) is 0 Å². The maximum Gasteiger partial charge on any atom is 0.219 e. The highest BCUT2D eigenvalue weighted by Gasteiger charge is 2.24. The predicted molar refractivity (Wildman–Crippen MR) is 45.8 cm³/mol. The Hall–Kier alpha value is -0.610. The molecule has 0 radical (unpaired) electrons. The molecular weight excluding hydrogens is 156 g/mol. The Morgan fingerprint density at radius 2 is 2.25 bits per heavy atom. The first-order valence-electron chi connectivity index (χ1n) is 4.21. The van der Waals surface area contributed by atoms with Crippen LogP contribution in [0.3, 0.4) is 0 Å². The molecule has 0 aromatic rings. The van der Waals surface area contributed by atoms with Crippen LogP contribution in [0.2, 0.25) is 0 Å². The molecule has 1 aliphatic heterocycles. The molecule has 0 spiro atoms. The zero-order chi connectivity index (χ0) is 9.14. The largest absolute Gasteiger partial charge is 0.395 e. The zero-order valence-electron chi connectivity index (χ0n) is 7.66. The fourth-order valence-electron chi connectivity index (χ4n) is 1.43. The van der Waals surface area contributed by atoms with Gasteiger partial charge in [-0.3, -0.25) is 9.69 Å². The van der Waals surface area contributed by atoms with E-state index in [9.17, 15) is 4.79 Å². The van der Waals surface area contributed by atoms with E-state index < -0.39 is 0 Å². The average Bonchev–Trinajstić information content (AvgIpc) is 2.05. The van der Waals surface area contributed by atoms with E-state index in [0.717, 1.165) is 13.1 Å². The van der Waals surface area contributed by atoms with Gasteiger partial charge >= 0.3 is 0 Å². The molecule has 1 amide bonds. The highest BCUT2D eigenvalue weighted by Crippen LogP contribution is 2.06. The number of nitrogens with zero attached hydrogens (tertiary/aromatic N) is 2. The summed E-state index contributed by atoms with van der Waals surface area (Å²) >= 11 is 0. The molecule has 0 unspecified atom stereocenters. The summed E-state index contributed by atoms with van der Waals surface area (Å²) in [4.78, 5) is 14.9. The summed E-state index contributed by atoms with van der Waals surface area (Å²) in [5, 5.41) is 8.98. The molecular formula is C8H16N2O2. The number of likely N-dealkylation sites (N-methyl/N-ethyl adjacent to an activating group) is 1. The van der Waals surface area contributed by atoms with Gasteiger partial charge in [-0.05, 0) is 7.05 Å². The van der Waals surface area contributed by atoms with Crippen molar-refractivity contribution in [3.05, 3.63) is 0 Å². The third-order valence-electron chi connectivity index (χ3n) is 2.43. The molecule has 0 aliphatic carbocycles. The lowest BCUT2D eigenvalue weighted by atomic mass is 10.2. The molecule has 0 bridgehead atoms. The van der Waals surface area contributed by atoms with E-state index in [2.05, 4.69) is 4.90 Å². The molecule has 4 heteroatoms. The zero-order valence-corrected chi connectivity index (χ0v) is 7.66. The second-order valence-corrected chi connectivity index (χ2v) is 3.28. The van der Waals surface area contributed by atoms with Gasteiger partial charge in [0.15, 0.2) is 0 Å².